The summed E-state index contributed by atoms with van der Waals surface area (Å²) in [5.41, 5.74) is -0.260. The van der Waals surface area contributed by atoms with Crippen molar-refractivity contribution < 1.29 is 5.11 Å². The van der Waals surface area contributed by atoms with E-state index in [9.17, 15) is 10.0 Å². The van der Waals surface area contributed by atoms with E-state index >= 15 is 0 Å². The molecule has 0 heterocycles. The number of aliphatic hydroxyl groups is 1. The summed E-state index contributed by atoms with van der Waals surface area (Å²) >= 11 is 0. The van der Waals surface area contributed by atoms with Crippen molar-refractivity contribution in [3.05, 3.63) is 4.91 Å². The molecule has 4 rings (SSSR count). The molecule has 8 atom stereocenters. The van der Waals surface area contributed by atoms with Crippen LogP contribution in [0, 0.1) is 45.8 Å². The van der Waals surface area contributed by atoms with Gasteiger partial charge < -0.3 is 5.11 Å². The van der Waals surface area contributed by atoms with E-state index in [1.807, 2.05) is 13.8 Å². The molecule has 3 heteroatoms. The van der Waals surface area contributed by atoms with Gasteiger partial charge in [0.1, 0.15) is 0 Å². The summed E-state index contributed by atoms with van der Waals surface area (Å²) in [6, 6.07) is 0. The smallest absolute Gasteiger partial charge is 0.0970 e. The molecule has 4 saturated carbocycles. The van der Waals surface area contributed by atoms with E-state index in [0.717, 1.165) is 61.2 Å². The molecule has 7 unspecified atom stereocenters. The number of rotatable bonds is 5. The first-order valence-electron chi connectivity index (χ1n) is 12.2. The van der Waals surface area contributed by atoms with Crippen LogP contribution in [0.3, 0.4) is 0 Å². The Kier molecular flexibility index (Phi) is 5.47. The third kappa shape index (κ3) is 3.70. The lowest BCUT2D eigenvalue weighted by atomic mass is 9.49. The van der Waals surface area contributed by atoms with Gasteiger partial charge in [0.05, 0.1) is 11.1 Å². The standard InChI is InChI=1S/C25H43NO2/c1-23(2,26-28)13-5-6-18-8-10-22-21-9-7-17-16-24(3,27)14-11-19(17)20(21)12-15-25(18,22)4/h17-22,27H,5-16H2,1-4H3/t17?,18?,19?,20?,21?,22?,24-,25?/m0/s1. The zero-order valence-electron chi connectivity index (χ0n) is 18.8. The summed E-state index contributed by atoms with van der Waals surface area (Å²) in [4.78, 5) is 11.0. The van der Waals surface area contributed by atoms with Gasteiger partial charge in [0, 0.05) is 0 Å². The van der Waals surface area contributed by atoms with E-state index in [1.165, 1.54) is 51.4 Å². The molecule has 0 aromatic rings. The molecule has 0 saturated heterocycles. The lowest BCUT2D eigenvalue weighted by molar-refractivity contribution is -0.100. The van der Waals surface area contributed by atoms with Crippen molar-refractivity contribution in [1.82, 2.24) is 0 Å². The Bertz CT molecular complexity index is 585. The third-order valence-corrected chi connectivity index (χ3v) is 10.0. The van der Waals surface area contributed by atoms with Crippen LogP contribution in [-0.2, 0) is 0 Å². The van der Waals surface area contributed by atoms with Gasteiger partial charge in [-0.1, -0.05) is 18.5 Å². The molecule has 4 aliphatic carbocycles. The number of nitroso groups, excluding NO2 is 1. The molecule has 3 nitrogen and oxygen atoms in total. The van der Waals surface area contributed by atoms with Crippen LogP contribution in [0.1, 0.15) is 105 Å². The maximum Gasteiger partial charge on any atom is 0.0970 e. The fraction of sp³-hybridized carbons (Fsp3) is 1.00. The second-order valence-corrected chi connectivity index (χ2v) is 12.3. The van der Waals surface area contributed by atoms with Crippen LogP contribution >= 0.6 is 0 Å². The summed E-state index contributed by atoms with van der Waals surface area (Å²) < 4.78 is 0. The van der Waals surface area contributed by atoms with Crippen molar-refractivity contribution in [1.29, 1.82) is 0 Å². The zero-order chi connectivity index (χ0) is 20.2. The minimum Gasteiger partial charge on any atom is -0.390 e. The molecule has 0 radical (unpaired) electrons. The molecule has 160 valence electrons. The minimum absolute atomic E-state index is 0.392. The maximum atomic E-state index is 11.0. The Morgan fingerprint density at radius 1 is 0.964 bits per heavy atom. The van der Waals surface area contributed by atoms with Crippen molar-refractivity contribution in [2.24, 2.45) is 46.1 Å². The van der Waals surface area contributed by atoms with Gasteiger partial charge in [-0.2, -0.15) is 4.91 Å². The van der Waals surface area contributed by atoms with E-state index in [2.05, 4.69) is 19.0 Å². The summed E-state index contributed by atoms with van der Waals surface area (Å²) in [6.07, 6.45) is 15.2. The second kappa shape index (κ2) is 7.36. The maximum absolute atomic E-state index is 11.0. The summed E-state index contributed by atoms with van der Waals surface area (Å²) in [5, 5.41) is 13.9. The number of hydrogen-bond donors (Lipinski definition) is 1. The van der Waals surface area contributed by atoms with Gasteiger partial charge in [0.15, 0.2) is 0 Å². The molecule has 0 bridgehead atoms. The molecular formula is C25H43NO2. The van der Waals surface area contributed by atoms with Crippen molar-refractivity contribution in [3.8, 4) is 0 Å². The Labute approximate surface area is 172 Å². The van der Waals surface area contributed by atoms with E-state index in [1.54, 1.807) is 0 Å². The van der Waals surface area contributed by atoms with Gasteiger partial charge in [-0.05, 0) is 132 Å². The minimum atomic E-state index is -0.403. The highest BCUT2D eigenvalue weighted by molar-refractivity contribution is 5.06. The van der Waals surface area contributed by atoms with E-state index in [-0.39, 0.29) is 0 Å². The summed E-state index contributed by atoms with van der Waals surface area (Å²) in [7, 11) is 0. The lowest BCUT2D eigenvalue weighted by Crippen LogP contribution is -2.50. The largest absolute Gasteiger partial charge is 0.390 e. The predicted octanol–water partition coefficient (Wildman–Crippen LogP) is 6.72. The third-order valence-electron chi connectivity index (χ3n) is 10.0. The first-order valence-corrected chi connectivity index (χ1v) is 12.2. The monoisotopic (exact) mass is 389 g/mol. The topological polar surface area (TPSA) is 49.7 Å². The van der Waals surface area contributed by atoms with Crippen LogP contribution in [0.2, 0.25) is 0 Å². The predicted molar refractivity (Wildman–Crippen MR) is 115 cm³/mol. The van der Waals surface area contributed by atoms with Gasteiger partial charge in [0.2, 0.25) is 0 Å². The lowest BCUT2D eigenvalue weighted by Gasteiger charge is -2.57. The normalized spacial score (nSPS) is 48.5. The highest BCUT2D eigenvalue weighted by Crippen LogP contribution is 2.65. The fourth-order valence-electron chi connectivity index (χ4n) is 8.49. The summed E-state index contributed by atoms with van der Waals surface area (Å²) in [6.45, 7) is 8.64. The van der Waals surface area contributed by atoms with Crippen molar-refractivity contribution in [3.63, 3.8) is 0 Å². The molecular weight excluding hydrogens is 346 g/mol. The van der Waals surface area contributed by atoms with Gasteiger partial charge in [-0.15, -0.1) is 0 Å². The van der Waals surface area contributed by atoms with Crippen LogP contribution < -0.4 is 0 Å². The van der Waals surface area contributed by atoms with Crippen LogP contribution in [0.4, 0.5) is 0 Å². The van der Waals surface area contributed by atoms with E-state index < -0.39 is 11.1 Å². The summed E-state index contributed by atoms with van der Waals surface area (Å²) in [5.74, 6) is 5.33. The fourth-order valence-corrected chi connectivity index (χ4v) is 8.49. The highest BCUT2D eigenvalue weighted by atomic mass is 16.3. The zero-order valence-corrected chi connectivity index (χ0v) is 18.8. The molecule has 0 spiro atoms. The number of nitrogens with zero attached hydrogens (tertiary/aromatic N) is 1. The van der Waals surface area contributed by atoms with Gasteiger partial charge in [-0.25, -0.2) is 0 Å². The Balaban J connectivity index is 1.40. The molecule has 28 heavy (non-hydrogen) atoms. The first kappa shape index (κ1) is 20.8. The Morgan fingerprint density at radius 3 is 2.46 bits per heavy atom. The van der Waals surface area contributed by atoms with Gasteiger partial charge in [0.25, 0.3) is 0 Å². The van der Waals surface area contributed by atoms with Gasteiger partial charge >= 0.3 is 0 Å². The molecule has 0 aromatic heterocycles. The van der Waals surface area contributed by atoms with Crippen LogP contribution in [0.5, 0.6) is 0 Å². The van der Waals surface area contributed by atoms with E-state index in [0.29, 0.717) is 5.41 Å². The highest BCUT2D eigenvalue weighted by Gasteiger charge is 2.57. The van der Waals surface area contributed by atoms with E-state index in [4.69, 9.17) is 0 Å². The molecule has 0 aromatic carbocycles. The molecule has 1 N–H and O–H groups in total. The van der Waals surface area contributed by atoms with Crippen molar-refractivity contribution in [2.75, 3.05) is 0 Å². The average Bonchev–Trinajstić information content (AvgIpc) is 2.97. The average molecular weight is 390 g/mol. The molecule has 0 amide bonds. The first-order chi connectivity index (χ1) is 13.2. The van der Waals surface area contributed by atoms with Crippen LogP contribution in [0.25, 0.3) is 0 Å². The molecule has 4 fully saturated rings. The number of fused-ring (bicyclic) bond motifs is 5. The van der Waals surface area contributed by atoms with Crippen molar-refractivity contribution >= 4 is 0 Å². The second-order valence-electron chi connectivity index (χ2n) is 12.3. The quantitative estimate of drug-likeness (QED) is 0.530. The Morgan fingerprint density at radius 2 is 1.71 bits per heavy atom. The van der Waals surface area contributed by atoms with Crippen molar-refractivity contribution in [2.45, 2.75) is 116 Å². The number of hydrogen-bond acceptors (Lipinski definition) is 3. The van der Waals surface area contributed by atoms with Gasteiger partial charge in [-0.3, -0.25) is 0 Å². The Hall–Kier alpha value is -0.440. The molecule has 0 aliphatic heterocycles. The van der Waals surface area contributed by atoms with Crippen LogP contribution in [0.15, 0.2) is 5.18 Å². The molecule has 4 aliphatic rings. The van der Waals surface area contributed by atoms with Crippen LogP contribution in [-0.4, -0.2) is 16.2 Å². The SMILES string of the molecule is CC(C)(CCCC1CCC2C3CCC4C[C@@](C)(O)CCC4C3CCC12C)N=O.